The summed E-state index contributed by atoms with van der Waals surface area (Å²) in [5, 5.41) is 7.14. The molecule has 0 radical (unpaired) electrons. The Kier molecular flexibility index (Phi) is 5.24. The Morgan fingerprint density at radius 1 is 1.04 bits per heavy atom. The van der Waals surface area contributed by atoms with E-state index in [1.54, 1.807) is 0 Å². The van der Waals surface area contributed by atoms with Crippen molar-refractivity contribution >= 4 is 5.96 Å². The zero-order valence-corrected chi connectivity index (χ0v) is 13.4. The Labute approximate surface area is 141 Å². The van der Waals surface area contributed by atoms with Crippen LogP contribution >= 0.6 is 0 Å². The van der Waals surface area contributed by atoms with Crippen molar-refractivity contribution in [2.75, 3.05) is 6.54 Å². The Hall–Kier alpha value is -3.08. The first-order valence-corrected chi connectivity index (χ1v) is 7.90. The van der Waals surface area contributed by atoms with Crippen LogP contribution in [0.3, 0.4) is 0 Å². The summed E-state index contributed by atoms with van der Waals surface area (Å²) in [4.78, 5) is 4.29. The van der Waals surface area contributed by atoms with E-state index in [1.165, 1.54) is 5.56 Å². The van der Waals surface area contributed by atoms with E-state index in [0.717, 1.165) is 30.0 Å². The largest absolute Gasteiger partial charge is 0.370 e. The minimum atomic E-state index is 0.389. The van der Waals surface area contributed by atoms with Crippen LogP contribution in [0.5, 0.6) is 0 Å². The summed E-state index contributed by atoms with van der Waals surface area (Å²) in [5.41, 5.74) is 8.90. The monoisotopic (exact) mass is 320 g/mol. The zero-order valence-electron chi connectivity index (χ0n) is 13.4. The lowest BCUT2D eigenvalue weighted by atomic mass is 10.1. The molecule has 0 bridgehead atoms. The van der Waals surface area contributed by atoms with Crippen LogP contribution in [-0.2, 0) is 13.0 Å². The molecule has 0 fully saturated rings. The van der Waals surface area contributed by atoms with E-state index in [2.05, 4.69) is 27.6 Å². The average Bonchev–Trinajstić information content (AvgIpc) is 3.11. The fourth-order valence-electron chi connectivity index (χ4n) is 2.33. The zero-order chi connectivity index (χ0) is 16.6. The fourth-order valence-corrected chi connectivity index (χ4v) is 2.33. The van der Waals surface area contributed by atoms with E-state index in [-0.39, 0.29) is 0 Å². The first kappa shape index (κ1) is 15.8. The molecular formula is C19H20N4O. The maximum absolute atomic E-state index is 5.88. The van der Waals surface area contributed by atoms with Crippen LogP contribution in [-0.4, -0.2) is 17.7 Å². The van der Waals surface area contributed by atoms with Gasteiger partial charge in [-0.1, -0.05) is 65.8 Å². The summed E-state index contributed by atoms with van der Waals surface area (Å²) in [5.74, 6) is 1.15. The van der Waals surface area contributed by atoms with E-state index in [4.69, 9.17) is 10.3 Å². The number of hydrogen-bond donors (Lipinski definition) is 2. The summed E-state index contributed by atoms with van der Waals surface area (Å²) >= 11 is 0. The summed E-state index contributed by atoms with van der Waals surface area (Å²) in [6.45, 7) is 1.13. The Bertz CT molecular complexity index is 781. The molecule has 1 heterocycles. The third-order valence-corrected chi connectivity index (χ3v) is 3.59. The van der Waals surface area contributed by atoms with Gasteiger partial charge in [0.1, 0.15) is 5.69 Å². The number of guanidine groups is 1. The third-order valence-electron chi connectivity index (χ3n) is 3.59. The van der Waals surface area contributed by atoms with E-state index < -0.39 is 0 Å². The standard InChI is InChI=1S/C19H20N4O/c20-19(21-12-11-15-7-3-1-4-8-15)22-14-17-13-18(24-23-17)16-9-5-2-6-10-16/h1-10,13H,11-12,14H2,(H3,20,21,22). The molecule has 122 valence electrons. The highest BCUT2D eigenvalue weighted by atomic mass is 16.5. The molecule has 3 rings (SSSR count). The van der Waals surface area contributed by atoms with Crippen LogP contribution < -0.4 is 11.1 Å². The summed E-state index contributed by atoms with van der Waals surface area (Å²) < 4.78 is 5.34. The first-order chi connectivity index (χ1) is 11.8. The maximum Gasteiger partial charge on any atom is 0.188 e. The number of aliphatic imine (C=N–C) groups is 1. The molecule has 0 saturated carbocycles. The predicted octanol–water partition coefficient (Wildman–Crippen LogP) is 2.99. The van der Waals surface area contributed by atoms with Crippen molar-refractivity contribution in [1.82, 2.24) is 10.5 Å². The predicted molar refractivity (Wildman–Crippen MR) is 95.4 cm³/mol. The molecule has 0 spiro atoms. The number of rotatable bonds is 6. The average molecular weight is 320 g/mol. The number of nitrogens with one attached hydrogen (secondary N) is 1. The number of benzene rings is 2. The summed E-state index contributed by atoms with van der Waals surface area (Å²) in [6.07, 6.45) is 0.902. The quantitative estimate of drug-likeness (QED) is 0.541. The Morgan fingerprint density at radius 2 is 1.75 bits per heavy atom. The van der Waals surface area contributed by atoms with Crippen LogP contribution in [0.1, 0.15) is 11.3 Å². The smallest absolute Gasteiger partial charge is 0.188 e. The lowest BCUT2D eigenvalue weighted by molar-refractivity contribution is 0.424. The molecule has 0 aliphatic heterocycles. The van der Waals surface area contributed by atoms with E-state index in [0.29, 0.717) is 12.5 Å². The lowest BCUT2D eigenvalue weighted by Gasteiger charge is -2.05. The minimum absolute atomic E-state index is 0.389. The molecule has 1 aromatic heterocycles. The molecule has 0 saturated heterocycles. The molecule has 24 heavy (non-hydrogen) atoms. The van der Waals surface area contributed by atoms with Crippen LogP contribution in [0.2, 0.25) is 0 Å². The van der Waals surface area contributed by atoms with Gasteiger partial charge in [0.25, 0.3) is 0 Å². The fraction of sp³-hybridized carbons (Fsp3) is 0.158. The number of aromatic nitrogens is 1. The normalized spacial score (nSPS) is 11.4. The maximum atomic E-state index is 5.88. The number of nitrogens with zero attached hydrogens (tertiary/aromatic N) is 2. The van der Waals surface area contributed by atoms with Crippen LogP contribution in [0, 0.1) is 0 Å². The van der Waals surface area contributed by atoms with Gasteiger partial charge in [0.05, 0.1) is 6.54 Å². The van der Waals surface area contributed by atoms with Gasteiger partial charge in [0.2, 0.25) is 0 Å². The van der Waals surface area contributed by atoms with Gasteiger partial charge in [-0.05, 0) is 12.0 Å². The Balaban J connectivity index is 1.49. The van der Waals surface area contributed by atoms with Crippen LogP contribution in [0.4, 0.5) is 0 Å². The molecule has 0 aliphatic rings. The molecule has 5 nitrogen and oxygen atoms in total. The molecule has 0 atom stereocenters. The van der Waals surface area contributed by atoms with Crippen molar-refractivity contribution in [2.45, 2.75) is 13.0 Å². The van der Waals surface area contributed by atoms with Crippen molar-refractivity contribution in [1.29, 1.82) is 0 Å². The summed E-state index contributed by atoms with van der Waals surface area (Å²) in [6, 6.07) is 22.0. The second-order valence-corrected chi connectivity index (χ2v) is 5.41. The molecule has 3 N–H and O–H groups in total. The summed E-state index contributed by atoms with van der Waals surface area (Å²) in [7, 11) is 0. The van der Waals surface area contributed by atoms with Crippen molar-refractivity contribution in [3.8, 4) is 11.3 Å². The van der Waals surface area contributed by atoms with Gasteiger partial charge >= 0.3 is 0 Å². The molecule has 5 heteroatoms. The third kappa shape index (κ3) is 4.46. The van der Waals surface area contributed by atoms with Crippen LogP contribution in [0.25, 0.3) is 11.3 Å². The molecular weight excluding hydrogens is 300 g/mol. The van der Waals surface area contributed by atoms with Crippen LogP contribution in [0.15, 0.2) is 76.2 Å². The van der Waals surface area contributed by atoms with E-state index in [9.17, 15) is 0 Å². The topological polar surface area (TPSA) is 76.4 Å². The van der Waals surface area contributed by atoms with Crippen molar-refractivity contribution in [2.24, 2.45) is 10.7 Å². The number of nitrogens with two attached hydrogens (primary N) is 1. The molecule has 3 aromatic rings. The molecule has 2 aromatic carbocycles. The highest BCUT2D eigenvalue weighted by molar-refractivity contribution is 5.77. The van der Waals surface area contributed by atoms with Gasteiger partial charge in [-0.15, -0.1) is 0 Å². The van der Waals surface area contributed by atoms with Crippen molar-refractivity contribution < 1.29 is 4.52 Å². The van der Waals surface area contributed by atoms with Gasteiger partial charge in [-0.2, -0.15) is 0 Å². The molecule has 0 amide bonds. The SMILES string of the molecule is NC(=NCc1cc(-c2ccccc2)on1)NCCc1ccccc1. The van der Waals surface area contributed by atoms with Gasteiger partial charge in [0.15, 0.2) is 11.7 Å². The lowest BCUT2D eigenvalue weighted by Crippen LogP contribution is -2.33. The van der Waals surface area contributed by atoms with E-state index in [1.807, 2.05) is 54.6 Å². The Morgan fingerprint density at radius 3 is 2.50 bits per heavy atom. The first-order valence-electron chi connectivity index (χ1n) is 7.90. The second kappa shape index (κ2) is 7.97. The number of hydrogen-bond acceptors (Lipinski definition) is 3. The van der Waals surface area contributed by atoms with E-state index >= 15 is 0 Å². The highest BCUT2D eigenvalue weighted by Crippen LogP contribution is 2.19. The molecule has 0 unspecified atom stereocenters. The van der Waals surface area contributed by atoms with Gasteiger partial charge in [0, 0.05) is 18.2 Å². The van der Waals surface area contributed by atoms with Gasteiger partial charge in [-0.3, -0.25) is 0 Å². The minimum Gasteiger partial charge on any atom is -0.370 e. The second-order valence-electron chi connectivity index (χ2n) is 5.41. The van der Waals surface area contributed by atoms with Gasteiger partial charge < -0.3 is 15.6 Å². The van der Waals surface area contributed by atoms with Crippen molar-refractivity contribution in [3.05, 3.63) is 78.0 Å². The van der Waals surface area contributed by atoms with Crippen molar-refractivity contribution in [3.63, 3.8) is 0 Å². The van der Waals surface area contributed by atoms with Gasteiger partial charge in [-0.25, -0.2) is 4.99 Å². The molecule has 0 aliphatic carbocycles. The highest BCUT2D eigenvalue weighted by Gasteiger charge is 2.05.